The van der Waals surface area contributed by atoms with Crippen molar-refractivity contribution in [3.8, 4) is 5.69 Å². The van der Waals surface area contributed by atoms with E-state index in [0.717, 1.165) is 11.4 Å². The van der Waals surface area contributed by atoms with Crippen molar-refractivity contribution < 1.29 is 4.79 Å². The van der Waals surface area contributed by atoms with E-state index in [1.807, 2.05) is 37.3 Å². The molecule has 0 bridgehead atoms. The first kappa shape index (κ1) is 15.5. The lowest BCUT2D eigenvalue weighted by Crippen LogP contribution is -2.14. The monoisotopic (exact) mass is 346 g/mol. The molecule has 23 heavy (non-hydrogen) atoms. The van der Waals surface area contributed by atoms with Crippen LogP contribution in [-0.4, -0.2) is 20.7 Å². The molecular weight excluding hydrogens is 335 g/mol. The zero-order valence-electron chi connectivity index (χ0n) is 12.1. The highest BCUT2D eigenvalue weighted by atomic mass is 35.5. The molecule has 116 valence electrons. The first-order chi connectivity index (χ1) is 11.0. The van der Waals surface area contributed by atoms with Gasteiger partial charge in [-0.25, -0.2) is 9.67 Å². The molecule has 2 aromatic heterocycles. The number of para-hydroxylation sites is 1. The smallest absolute Gasteiger partial charge is 0.277 e. The lowest BCUT2D eigenvalue weighted by molar-refractivity contribution is 0.102. The number of aryl methyl sites for hydroxylation is 1. The Morgan fingerprint density at radius 1 is 1.13 bits per heavy atom. The molecule has 0 aliphatic rings. The molecule has 2 heterocycles. The second kappa shape index (κ2) is 6.40. The minimum atomic E-state index is -0.367. The van der Waals surface area contributed by atoms with Crippen molar-refractivity contribution in [2.75, 3.05) is 5.32 Å². The van der Waals surface area contributed by atoms with Gasteiger partial charge in [0.1, 0.15) is 5.82 Å². The molecule has 0 spiro atoms. The van der Waals surface area contributed by atoms with Gasteiger partial charge in [-0.1, -0.05) is 41.4 Å². The third-order valence-corrected chi connectivity index (χ3v) is 3.88. The molecule has 3 aromatic rings. The van der Waals surface area contributed by atoms with E-state index in [1.54, 1.807) is 10.7 Å². The summed E-state index contributed by atoms with van der Waals surface area (Å²) in [6, 6.07) is 12.8. The van der Waals surface area contributed by atoms with E-state index in [-0.39, 0.29) is 5.91 Å². The van der Waals surface area contributed by atoms with Crippen molar-refractivity contribution in [3.05, 3.63) is 70.1 Å². The molecule has 0 aliphatic carbocycles. The number of anilines is 1. The van der Waals surface area contributed by atoms with E-state index in [0.29, 0.717) is 21.6 Å². The van der Waals surface area contributed by atoms with Crippen molar-refractivity contribution in [1.82, 2.24) is 14.8 Å². The summed E-state index contributed by atoms with van der Waals surface area (Å²) in [6.07, 6.45) is 1.38. The number of nitrogens with zero attached hydrogens (tertiary/aromatic N) is 3. The van der Waals surface area contributed by atoms with Crippen LogP contribution in [0.4, 0.5) is 5.82 Å². The third-order valence-electron chi connectivity index (χ3n) is 3.17. The number of halogens is 2. The molecule has 1 N–H and O–H groups in total. The van der Waals surface area contributed by atoms with Crippen LogP contribution in [0.2, 0.25) is 10.0 Å². The van der Waals surface area contributed by atoms with Crippen LogP contribution in [0.3, 0.4) is 0 Å². The second-order valence-corrected chi connectivity index (χ2v) is 5.67. The number of rotatable bonds is 3. The van der Waals surface area contributed by atoms with E-state index in [4.69, 9.17) is 23.2 Å². The summed E-state index contributed by atoms with van der Waals surface area (Å²) >= 11 is 11.7. The summed E-state index contributed by atoms with van der Waals surface area (Å²) in [7, 11) is 0. The van der Waals surface area contributed by atoms with Crippen LogP contribution in [-0.2, 0) is 0 Å². The highest BCUT2D eigenvalue weighted by Crippen LogP contribution is 2.23. The number of carbonyl (C=O) groups excluding carboxylic acids is 1. The summed E-state index contributed by atoms with van der Waals surface area (Å²) in [4.78, 5) is 16.3. The molecule has 0 saturated carbocycles. The van der Waals surface area contributed by atoms with Crippen LogP contribution < -0.4 is 5.32 Å². The average Bonchev–Trinajstić information content (AvgIpc) is 2.94. The summed E-state index contributed by atoms with van der Waals surface area (Å²) in [5.74, 6) is -0.0509. The van der Waals surface area contributed by atoms with E-state index in [9.17, 15) is 4.79 Å². The van der Waals surface area contributed by atoms with E-state index in [2.05, 4.69) is 15.4 Å². The maximum absolute atomic E-state index is 12.3. The molecule has 0 unspecified atom stereocenters. The summed E-state index contributed by atoms with van der Waals surface area (Å²) in [6.45, 7) is 1.88. The molecule has 0 radical (unpaired) electrons. The minimum absolute atomic E-state index is 0.291. The fourth-order valence-corrected chi connectivity index (χ4v) is 2.33. The van der Waals surface area contributed by atoms with E-state index in [1.165, 1.54) is 12.3 Å². The van der Waals surface area contributed by atoms with Gasteiger partial charge in [-0.15, -0.1) is 0 Å². The van der Waals surface area contributed by atoms with Gasteiger partial charge in [0, 0.05) is 18.0 Å². The number of amides is 1. The Bertz CT molecular complexity index is 862. The third kappa shape index (κ3) is 3.36. The highest BCUT2D eigenvalue weighted by Gasteiger charge is 2.14. The predicted octanol–water partition coefficient (Wildman–Crippen LogP) is 4.13. The molecule has 0 fully saturated rings. The fraction of sp³-hybridized carbons (Fsp3) is 0.0625. The maximum Gasteiger partial charge on any atom is 0.277 e. The van der Waals surface area contributed by atoms with Crippen molar-refractivity contribution in [1.29, 1.82) is 0 Å². The number of benzene rings is 1. The molecule has 0 aliphatic heterocycles. The van der Waals surface area contributed by atoms with Crippen LogP contribution in [0, 0.1) is 6.92 Å². The lowest BCUT2D eigenvalue weighted by atomic mass is 10.3. The zero-order chi connectivity index (χ0) is 16.4. The Morgan fingerprint density at radius 3 is 2.57 bits per heavy atom. The Morgan fingerprint density at radius 2 is 1.87 bits per heavy atom. The van der Waals surface area contributed by atoms with Crippen LogP contribution in [0.15, 0.2) is 48.7 Å². The van der Waals surface area contributed by atoms with Crippen LogP contribution >= 0.6 is 23.2 Å². The molecule has 1 amide bonds. The van der Waals surface area contributed by atoms with Gasteiger partial charge < -0.3 is 5.32 Å². The van der Waals surface area contributed by atoms with Gasteiger partial charge in [0.15, 0.2) is 5.69 Å². The molecule has 1 aromatic carbocycles. The van der Waals surface area contributed by atoms with E-state index >= 15 is 0 Å². The Hall–Kier alpha value is -2.37. The number of pyridine rings is 1. The van der Waals surface area contributed by atoms with Crippen LogP contribution in [0.25, 0.3) is 5.69 Å². The number of hydrogen-bond acceptors (Lipinski definition) is 3. The molecule has 7 heteroatoms. The first-order valence-corrected chi connectivity index (χ1v) is 7.54. The standard InChI is InChI=1S/C16H12Cl2N4O/c1-10-7-14(21-22(10)11-5-3-2-4-6-11)16(23)20-15-8-12(17)13(18)9-19-15/h2-9H,1H3,(H,19,20,23). The van der Waals surface area contributed by atoms with Gasteiger partial charge in [-0.05, 0) is 25.1 Å². The largest absolute Gasteiger partial charge is 0.305 e. The summed E-state index contributed by atoms with van der Waals surface area (Å²) in [5.41, 5.74) is 2.03. The number of aromatic nitrogens is 3. The van der Waals surface area contributed by atoms with Crippen molar-refractivity contribution in [2.45, 2.75) is 6.92 Å². The first-order valence-electron chi connectivity index (χ1n) is 6.79. The van der Waals surface area contributed by atoms with Gasteiger partial charge in [-0.3, -0.25) is 4.79 Å². The highest BCUT2D eigenvalue weighted by molar-refractivity contribution is 6.42. The van der Waals surface area contributed by atoms with E-state index < -0.39 is 0 Å². The Labute approximate surface area is 142 Å². The van der Waals surface area contributed by atoms with Crippen LogP contribution in [0.1, 0.15) is 16.2 Å². The number of hydrogen-bond donors (Lipinski definition) is 1. The van der Waals surface area contributed by atoms with Gasteiger partial charge in [0.25, 0.3) is 5.91 Å². The molecule has 5 nitrogen and oxygen atoms in total. The van der Waals surface area contributed by atoms with Gasteiger partial charge in [-0.2, -0.15) is 5.10 Å². The normalized spacial score (nSPS) is 10.6. The van der Waals surface area contributed by atoms with Crippen molar-refractivity contribution in [2.24, 2.45) is 0 Å². The minimum Gasteiger partial charge on any atom is -0.305 e. The molecule has 3 rings (SSSR count). The fourth-order valence-electron chi connectivity index (χ4n) is 2.08. The number of carbonyl (C=O) groups is 1. The van der Waals surface area contributed by atoms with Crippen molar-refractivity contribution in [3.63, 3.8) is 0 Å². The molecule has 0 saturated heterocycles. The Balaban J connectivity index is 1.84. The zero-order valence-corrected chi connectivity index (χ0v) is 13.6. The average molecular weight is 347 g/mol. The van der Waals surface area contributed by atoms with Gasteiger partial charge in [0.2, 0.25) is 0 Å². The summed E-state index contributed by atoms with van der Waals surface area (Å²) in [5, 5.41) is 7.63. The SMILES string of the molecule is Cc1cc(C(=O)Nc2cc(Cl)c(Cl)cn2)nn1-c1ccccc1. The lowest BCUT2D eigenvalue weighted by Gasteiger charge is -2.04. The molecular formula is C16H12Cl2N4O. The summed E-state index contributed by atoms with van der Waals surface area (Å²) < 4.78 is 1.71. The van der Waals surface area contributed by atoms with Crippen molar-refractivity contribution >= 4 is 34.9 Å². The quantitative estimate of drug-likeness (QED) is 0.775. The topological polar surface area (TPSA) is 59.8 Å². The van der Waals surface area contributed by atoms with Crippen LogP contribution in [0.5, 0.6) is 0 Å². The van der Waals surface area contributed by atoms with Gasteiger partial charge in [0.05, 0.1) is 15.7 Å². The predicted molar refractivity (Wildman–Crippen MR) is 90.5 cm³/mol. The second-order valence-electron chi connectivity index (χ2n) is 4.86. The Kier molecular flexibility index (Phi) is 4.32. The number of nitrogens with one attached hydrogen (secondary N) is 1. The van der Waals surface area contributed by atoms with Gasteiger partial charge >= 0.3 is 0 Å². The molecule has 0 atom stereocenters. The maximum atomic E-state index is 12.3.